The number of hydrogen-bond acceptors (Lipinski definition) is 4. The van der Waals surface area contributed by atoms with Crippen LogP contribution in [-0.4, -0.2) is 33.5 Å². The number of ether oxygens (including phenoxy) is 1. The van der Waals surface area contributed by atoms with E-state index in [0.717, 1.165) is 18.2 Å². The molecule has 0 unspecified atom stereocenters. The molecule has 0 saturated heterocycles. The van der Waals surface area contributed by atoms with Gasteiger partial charge >= 0.3 is 6.18 Å². The number of hydrogen-bond donors (Lipinski definition) is 2. The van der Waals surface area contributed by atoms with E-state index < -0.39 is 44.4 Å². The van der Waals surface area contributed by atoms with Gasteiger partial charge in [0.1, 0.15) is 18.2 Å². The summed E-state index contributed by atoms with van der Waals surface area (Å²) in [7, 11) is -4.59. The van der Waals surface area contributed by atoms with Gasteiger partial charge in [0.15, 0.2) is 0 Å². The van der Waals surface area contributed by atoms with Gasteiger partial charge in [0.05, 0.1) is 23.0 Å². The highest BCUT2D eigenvalue weighted by Gasteiger charge is 2.37. The van der Waals surface area contributed by atoms with Crippen LogP contribution in [0.2, 0.25) is 0 Å². The summed E-state index contributed by atoms with van der Waals surface area (Å²) < 4.78 is 83.7. The van der Waals surface area contributed by atoms with Crippen molar-refractivity contribution in [2.45, 2.75) is 24.0 Å². The quantitative estimate of drug-likeness (QED) is 0.494. The van der Waals surface area contributed by atoms with Crippen molar-refractivity contribution in [1.82, 2.24) is 10.0 Å². The molecule has 2 rings (SSSR count). The Labute approximate surface area is 164 Å². The molecule has 2 aromatic carbocycles. The fourth-order valence-electron chi connectivity index (χ4n) is 2.31. The average molecular weight is 434 g/mol. The predicted molar refractivity (Wildman–Crippen MR) is 96.1 cm³/mol. The number of halogens is 4. The van der Waals surface area contributed by atoms with Gasteiger partial charge in [-0.05, 0) is 43.3 Å². The van der Waals surface area contributed by atoms with E-state index in [4.69, 9.17) is 4.74 Å². The van der Waals surface area contributed by atoms with Gasteiger partial charge in [0.2, 0.25) is 15.9 Å². The highest BCUT2D eigenvalue weighted by atomic mass is 32.2. The average Bonchev–Trinajstić information content (AvgIpc) is 2.65. The Morgan fingerprint density at radius 3 is 2.34 bits per heavy atom. The molecule has 11 heteroatoms. The van der Waals surface area contributed by atoms with E-state index >= 15 is 0 Å². The van der Waals surface area contributed by atoms with Crippen molar-refractivity contribution in [3.63, 3.8) is 0 Å². The molecule has 2 aromatic rings. The fourth-order valence-corrected chi connectivity index (χ4v) is 3.74. The molecule has 0 aliphatic rings. The monoisotopic (exact) mass is 434 g/mol. The molecule has 0 heterocycles. The summed E-state index contributed by atoms with van der Waals surface area (Å²) >= 11 is 0. The van der Waals surface area contributed by atoms with Crippen LogP contribution in [0.4, 0.5) is 17.6 Å². The smallest absolute Gasteiger partial charge is 0.417 e. The summed E-state index contributed by atoms with van der Waals surface area (Å²) in [6.07, 6.45) is -4.87. The molecule has 0 radical (unpaired) electrons. The minimum atomic E-state index is -4.87. The van der Waals surface area contributed by atoms with Crippen molar-refractivity contribution in [2.75, 3.05) is 13.2 Å². The zero-order chi connectivity index (χ0) is 21.7. The standard InChI is InChI=1S/C18H18F4N2O4S/c1-12(17(25)23-10-11-28-14-8-6-13(19)7-9-14)24-29(26,27)16-5-3-2-4-15(16)18(20,21)22/h2-9,12,24H,10-11H2,1H3,(H,23,25)/t12-/m0/s1. The van der Waals surface area contributed by atoms with Crippen LogP contribution < -0.4 is 14.8 Å². The molecule has 0 saturated carbocycles. The van der Waals surface area contributed by atoms with Gasteiger partial charge in [-0.25, -0.2) is 12.8 Å². The molecule has 0 bridgehead atoms. The van der Waals surface area contributed by atoms with E-state index in [9.17, 15) is 30.8 Å². The molecule has 0 fully saturated rings. The van der Waals surface area contributed by atoms with Crippen LogP contribution in [-0.2, 0) is 21.0 Å². The van der Waals surface area contributed by atoms with E-state index in [0.29, 0.717) is 11.8 Å². The second-order valence-electron chi connectivity index (χ2n) is 5.93. The maximum Gasteiger partial charge on any atom is 0.417 e. The molecule has 0 aromatic heterocycles. The maximum absolute atomic E-state index is 13.0. The minimum Gasteiger partial charge on any atom is -0.492 e. The van der Waals surface area contributed by atoms with Crippen molar-refractivity contribution in [3.05, 3.63) is 59.9 Å². The predicted octanol–water partition coefficient (Wildman–Crippen LogP) is 2.71. The van der Waals surface area contributed by atoms with Crippen LogP contribution in [0.25, 0.3) is 0 Å². The van der Waals surface area contributed by atoms with Crippen LogP contribution in [0.1, 0.15) is 12.5 Å². The number of alkyl halides is 3. The number of carbonyl (C=O) groups excluding carboxylic acids is 1. The highest BCUT2D eigenvalue weighted by molar-refractivity contribution is 7.89. The summed E-state index contributed by atoms with van der Waals surface area (Å²) in [4.78, 5) is 11.1. The van der Waals surface area contributed by atoms with Gasteiger partial charge in [0.25, 0.3) is 0 Å². The number of rotatable bonds is 8. The van der Waals surface area contributed by atoms with Crippen LogP contribution in [0.5, 0.6) is 5.75 Å². The Balaban J connectivity index is 1.92. The third-order valence-electron chi connectivity index (χ3n) is 3.69. The SMILES string of the molecule is C[C@H](NS(=O)(=O)c1ccccc1C(F)(F)F)C(=O)NCCOc1ccc(F)cc1. The first kappa shape index (κ1) is 22.6. The van der Waals surface area contributed by atoms with Gasteiger partial charge in [-0.1, -0.05) is 12.1 Å². The van der Waals surface area contributed by atoms with Gasteiger partial charge in [0, 0.05) is 0 Å². The maximum atomic E-state index is 13.0. The molecular weight excluding hydrogens is 416 g/mol. The molecular formula is C18H18F4N2O4S. The first-order chi connectivity index (χ1) is 13.5. The normalized spacial score (nSPS) is 13.0. The first-order valence-electron chi connectivity index (χ1n) is 8.35. The molecule has 29 heavy (non-hydrogen) atoms. The van der Waals surface area contributed by atoms with Gasteiger partial charge in [-0.2, -0.15) is 17.9 Å². The lowest BCUT2D eigenvalue weighted by atomic mass is 10.2. The Morgan fingerprint density at radius 1 is 1.10 bits per heavy atom. The van der Waals surface area contributed by atoms with Gasteiger partial charge < -0.3 is 10.1 Å². The van der Waals surface area contributed by atoms with Crippen LogP contribution in [0.3, 0.4) is 0 Å². The van der Waals surface area contributed by atoms with E-state index in [1.165, 1.54) is 31.2 Å². The van der Waals surface area contributed by atoms with E-state index in [-0.39, 0.29) is 13.2 Å². The number of nitrogens with one attached hydrogen (secondary N) is 2. The van der Waals surface area contributed by atoms with E-state index in [2.05, 4.69) is 5.32 Å². The summed E-state index contributed by atoms with van der Waals surface area (Å²) in [6.45, 7) is 1.22. The highest BCUT2D eigenvalue weighted by Crippen LogP contribution is 2.33. The van der Waals surface area contributed by atoms with Crippen molar-refractivity contribution in [2.24, 2.45) is 0 Å². The molecule has 1 amide bonds. The molecule has 1 atom stereocenters. The third-order valence-corrected chi connectivity index (χ3v) is 5.29. The second-order valence-corrected chi connectivity index (χ2v) is 7.61. The summed E-state index contributed by atoms with van der Waals surface area (Å²) in [5, 5.41) is 2.40. The van der Waals surface area contributed by atoms with E-state index in [1.54, 1.807) is 0 Å². The van der Waals surface area contributed by atoms with Crippen LogP contribution in [0.15, 0.2) is 53.4 Å². The van der Waals surface area contributed by atoms with Crippen molar-refractivity contribution in [1.29, 1.82) is 0 Å². The van der Waals surface area contributed by atoms with Crippen molar-refractivity contribution in [3.8, 4) is 5.75 Å². The summed E-state index contributed by atoms with van der Waals surface area (Å²) in [6, 6.07) is 7.54. The second kappa shape index (κ2) is 9.23. The third kappa shape index (κ3) is 6.43. The molecule has 0 aliphatic carbocycles. The number of sulfonamides is 1. The molecule has 158 valence electrons. The Bertz CT molecular complexity index is 947. The lowest BCUT2D eigenvalue weighted by Crippen LogP contribution is -2.45. The van der Waals surface area contributed by atoms with Crippen LogP contribution >= 0.6 is 0 Å². The molecule has 2 N–H and O–H groups in total. The molecule has 6 nitrogen and oxygen atoms in total. The number of benzene rings is 2. The largest absolute Gasteiger partial charge is 0.492 e. The fraction of sp³-hybridized carbons (Fsp3) is 0.278. The Hall–Kier alpha value is -2.66. The van der Waals surface area contributed by atoms with Gasteiger partial charge in [-0.3, -0.25) is 4.79 Å². The number of amides is 1. The first-order valence-corrected chi connectivity index (χ1v) is 9.83. The lowest BCUT2D eigenvalue weighted by Gasteiger charge is -2.17. The van der Waals surface area contributed by atoms with E-state index in [1.807, 2.05) is 4.72 Å². The number of carbonyl (C=O) groups is 1. The van der Waals surface area contributed by atoms with Crippen LogP contribution in [0, 0.1) is 5.82 Å². The molecule has 0 spiro atoms. The summed E-state index contributed by atoms with van der Waals surface area (Å²) in [5.74, 6) is -0.808. The summed E-state index contributed by atoms with van der Waals surface area (Å²) in [5.41, 5.74) is -1.33. The lowest BCUT2D eigenvalue weighted by molar-refractivity contribution is -0.139. The minimum absolute atomic E-state index is 0.00140. The van der Waals surface area contributed by atoms with Crippen molar-refractivity contribution < 1.29 is 35.5 Å². The molecule has 0 aliphatic heterocycles. The Kier molecular flexibility index (Phi) is 7.20. The topological polar surface area (TPSA) is 84.5 Å². The van der Waals surface area contributed by atoms with Crippen molar-refractivity contribution >= 4 is 15.9 Å². The van der Waals surface area contributed by atoms with Gasteiger partial charge in [-0.15, -0.1) is 0 Å². The Morgan fingerprint density at radius 2 is 1.72 bits per heavy atom. The zero-order valence-electron chi connectivity index (χ0n) is 15.2. The zero-order valence-corrected chi connectivity index (χ0v) is 16.0.